The van der Waals surface area contributed by atoms with Crippen molar-refractivity contribution in [3.63, 3.8) is 0 Å². The van der Waals surface area contributed by atoms with Gasteiger partial charge in [0.2, 0.25) is 12.2 Å². The molecule has 8 heteroatoms. The van der Waals surface area contributed by atoms with Crippen LogP contribution in [0.15, 0.2) is 54.7 Å². The van der Waals surface area contributed by atoms with Gasteiger partial charge in [0.1, 0.15) is 11.5 Å². The number of hydroxylamine groups is 1. The van der Waals surface area contributed by atoms with Gasteiger partial charge in [0.25, 0.3) is 0 Å². The average Bonchev–Trinajstić information content (AvgIpc) is 2.72. The van der Waals surface area contributed by atoms with Crippen LogP contribution in [0.1, 0.15) is 6.92 Å². The third-order valence-electron chi connectivity index (χ3n) is 3.97. The van der Waals surface area contributed by atoms with Crippen LogP contribution in [0.4, 0.5) is 5.82 Å². The number of hydrogen-bond acceptors (Lipinski definition) is 7. The number of aromatic hydroxyl groups is 1. The molecule has 0 saturated heterocycles. The molecule has 1 atom stereocenters. The largest absolute Gasteiger partial charge is 0.504 e. The van der Waals surface area contributed by atoms with Gasteiger partial charge in [0.15, 0.2) is 11.9 Å². The van der Waals surface area contributed by atoms with Gasteiger partial charge in [-0.25, -0.2) is 9.78 Å². The van der Waals surface area contributed by atoms with Gasteiger partial charge in [0.05, 0.1) is 0 Å². The molecule has 144 valence electrons. The quantitative estimate of drug-likeness (QED) is 0.495. The predicted molar refractivity (Wildman–Crippen MR) is 101 cm³/mol. The van der Waals surface area contributed by atoms with E-state index in [1.165, 1.54) is 20.2 Å². The van der Waals surface area contributed by atoms with E-state index in [2.05, 4.69) is 4.98 Å². The molecule has 0 saturated carbocycles. The molecule has 1 unspecified atom stereocenters. The number of benzene rings is 2. The molecule has 1 amide bonds. The van der Waals surface area contributed by atoms with Crippen molar-refractivity contribution in [2.45, 2.75) is 13.0 Å². The lowest BCUT2D eigenvalue weighted by atomic mass is 10.1. The molecule has 0 aliphatic heterocycles. The zero-order valence-electron chi connectivity index (χ0n) is 15.2. The normalized spacial score (nSPS) is 11.6. The molecule has 3 aromatic rings. The Morgan fingerprint density at radius 1 is 1.18 bits per heavy atom. The summed E-state index contributed by atoms with van der Waals surface area (Å²) in [5.41, 5.74) is 0. The molecular formula is C20H18N2O6. The van der Waals surface area contributed by atoms with E-state index in [0.29, 0.717) is 27.3 Å². The SMILES string of the molecule is COC(C)C(=O)ON(C=O)c1ncc2cc(Oc3ccccc3)ccc2c1O. The predicted octanol–water partition coefficient (Wildman–Crippen LogP) is 3.19. The Hall–Kier alpha value is -3.65. The highest BCUT2D eigenvalue weighted by Gasteiger charge is 2.23. The standard InChI is InChI=1S/C20H18N2O6/c1-13(26-2)20(25)28-22(12-23)19-18(24)17-9-8-16(10-14(17)11-21-19)27-15-6-4-3-5-7-15/h3-13,24H,1-2H3. The number of fused-ring (bicyclic) bond motifs is 1. The second-order valence-corrected chi connectivity index (χ2v) is 5.81. The summed E-state index contributed by atoms with van der Waals surface area (Å²) in [6.07, 6.45) is 0.788. The van der Waals surface area contributed by atoms with Gasteiger partial charge in [-0.15, -0.1) is 5.06 Å². The minimum absolute atomic E-state index is 0.212. The fourth-order valence-corrected chi connectivity index (χ4v) is 2.41. The van der Waals surface area contributed by atoms with Crippen LogP contribution in [0, 0.1) is 0 Å². The second kappa shape index (κ2) is 8.36. The van der Waals surface area contributed by atoms with Crippen molar-refractivity contribution >= 4 is 29.0 Å². The lowest BCUT2D eigenvalue weighted by Crippen LogP contribution is -2.32. The molecule has 0 radical (unpaired) electrons. The Balaban J connectivity index is 1.89. The molecule has 1 aromatic heterocycles. The first kappa shape index (κ1) is 19.1. The smallest absolute Gasteiger partial charge is 0.361 e. The molecule has 0 aliphatic carbocycles. The summed E-state index contributed by atoms with van der Waals surface area (Å²) < 4.78 is 10.6. The molecule has 0 fully saturated rings. The van der Waals surface area contributed by atoms with Crippen molar-refractivity contribution in [1.82, 2.24) is 4.98 Å². The number of carbonyl (C=O) groups excluding carboxylic acids is 2. The number of ether oxygens (including phenoxy) is 2. The molecule has 3 rings (SSSR count). The second-order valence-electron chi connectivity index (χ2n) is 5.81. The van der Waals surface area contributed by atoms with Crippen molar-refractivity contribution in [3.8, 4) is 17.2 Å². The van der Waals surface area contributed by atoms with Crippen LogP contribution in [-0.2, 0) is 19.2 Å². The van der Waals surface area contributed by atoms with E-state index in [9.17, 15) is 14.7 Å². The number of carbonyl (C=O) groups is 2. The minimum atomic E-state index is -0.886. The summed E-state index contributed by atoms with van der Waals surface area (Å²) in [6, 6.07) is 14.2. The van der Waals surface area contributed by atoms with E-state index in [4.69, 9.17) is 14.3 Å². The third kappa shape index (κ3) is 4.02. The van der Waals surface area contributed by atoms with Gasteiger partial charge in [-0.05, 0) is 37.3 Å². The van der Waals surface area contributed by atoms with E-state index in [1.807, 2.05) is 30.3 Å². The van der Waals surface area contributed by atoms with Crippen LogP contribution in [0.25, 0.3) is 10.8 Å². The van der Waals surface area contributed by atoms with Crippen LogP contribution in [-0.4, -0.2) is 35.7 Å². The van der Waals surface area contributed by atoms with Crippen LogP contribution in [0.5, 0.6) is 17.2 Å². The van der Waals surface area contributed by atoms with Crippen LogP contribution in [0.3, 0.4) is 0 Å². The molecule has 2 aromatic carbocycles. The lowest BCUT2D eigenvalue weighted by Gasteiger charge is -2.18. The summed E-state index contributed by atoms with van der Waals surface area (Å²) in [5, 5.41) is 12.1. The minimum Gasteiger partial charge on any atom is -0.504 e. The number of aromatic nitrogens is 1. The van der Waals surface area contributed by atoms with Gasteiger partial charge in [-0.2, -0.15) is 0 Å². The van der Waals surface area contributed by atoms with E-state index in [1.54, 1.807) is 18.2 Å². The van der Waals surface area contributed by atoms with Crippen molar-refractivity contribution in [3.05, 3.63) is 54.7 Å². The van der Waals surface area contributed by atoms with E-state index in [-0.39, 0.29) is 18.0 Å². The fraction of sp³-hybridized carbons (Fsp3) is 0.150. The van der Waals surface area contributed by atoms with Gasteiger partial charge in [-0.1, -0.05) is 18.2 Å². The van der Waals surface area contributed by atoms with Crippen molar-refractivity contribution in [2.75, 3.05) is 12.2 Å². The fourth-order valence-electron chi connectivity index (χ4n) is 2.41. The highest BCUT2D eigenvalue weighted by molar-refractivity contribution is 5.94. The van der Waals surface area contributed by atoms with Gasteiger partial charge < -0.3 is 19.4 Å². The maximum atomic E-state index is 11.8. The zero-order valence-corrected chi connectivity index (χ0v) is 15.2. The number of nitrogens with zero attached hydrogens (tertiary/aromatic N) is 2. The monoisotopic (exact) mass is 382 g/mol. The topological polar surface area (TPSA) is 98.2 Å². The van der Waals surface area contributed by atoms with Crippen LogP contribution < -0.4 is 9.80 Å². The van der Waals surface area contributed by atoms with Gasteiger partial charge in [0, 0.05) is 24.1 Å². The van der Waals surface area contributed by atoms with Crippen LogP contribution >= 0.6 is 0 Å². The first-order valence-electron chi connectivity index (χ1n) is 8.37. The third-order valence-corrected chi connectivity index (χ3v) is 3.97. The van der Waals surface area contributed by atoms with Crippen molar-refractivity contribution < 1.29 is 29.0 Å². The Morgan fingerprint density at radius 3 is 2.61 bits per heavy atom. The highest BCUT2D eigenvalue weighted by atomic mass is 16.7. The molecular weight excluding hydrogens is 364 g/mol. The van der Waals surface area contributed by atoms with Gasteiger partial charge >= 0.3 is 5.97 Å². The summed E-state index contributed by atoms with van der Waals surface area (Å²) in [7, 11) is 1.33. The number of pyridine rings is 1. The average molecular weight is 382 g/mol. The van der Waals surface area contributed by atoms with Crippen LogP contribution in [0.2, 0.25) is 0 Å². The molecule has 8 nitrogen and oxygen atoms in total. The number of amides is 1. The zero-order chi connectivity index (χ0) is 20.1. The molecule has 28 heavy (non-hydrogen) atoms. The Bertz CT molecular complexity index is 993. The Labute approximate surface area is 160 Å². The Morgan fingerprint density at radius 2 is 1.93 bits per heavy atom. The molecule has 0 bridgehead atoms. The highest BCUT2D eigenvalue weighted by Crippen LogP contribution is 2.35. The molecule has 0 aliphatic rings. The van der Waals surface area contributed by atoms with Crippen molar-refractivity contribution in [1.29, 1.82) is 0 Å². The van der Waals surface area contributed by atoms with Gasteiger partial charge in [-0.3, -0.25) is 4.79 Å². The van der Waals surface area contributed by atoms with E-state index in [0.717, 1.165) is 0 Å². The molecule has 1 N–H and O–H groups in total. The number of para-hydroxylation sites is 1. The number of methoxy groups -OCH3 is 1. The first-order valence-corrected chi connectivity index (χ1v) is 8.37. The number of anilines is 1. The molecule has 0 spiro atoms. The van der Waals surface area contributed by atoms with E-state index >= 15 is 0 Å². The summed E-state index contributed by atoms with van der Waals surface area (Å²) in [4.78, 5) is 32.1. The Kier molecular flexibility index (Phi) is 5.71. The number of hydrogen-bond donors (Lipinski definition) is 1. The summed E-state index contributed by atoms with van der Waals surface area (Å²) in [5.74, 6) is -0.102. The summed E-state index contributed by atoms with van der Waals surface area (Å²) in [6.45, 7) is 1.47. The summed E-state index contributed by atoms with van der Waals surface area (Å²) >= 11 is 0. The van der Waals surface area contributed by atoms with E-state index < -0.39 is 12.1 Å². The van der Waals surface area contributed by atoms with Crippen molar-refractivity contribution in [2.24, 2.45) is 0 Å². The maximum Gasteiger partial charge on any atom is 0.361 e. The first-order chi connectivity index (χ1) is 13.5. The number of rotatable bonds is 7. The molecule has 1 heterocycles. The lowest BCUT2D eigenvalue weighted by molar-refractivity contribution is -0.157. The maximum absolute atomic E-state index is 11.8.